The highest BCUT2D eigenvalue weighted by Crippen LogP contribution is 2.32. The molecule has 5 nitrogen and oxygen atoms in total. The Balaban J connectivity index is 3.40. The van der Waals surface area contributed by atoms with Crippen molar-refractivity contribution in [1.82, 2.24) is 0 Å². The van der Waals surface area contributed by atoms with Gasteiger partial charge in [0.1, 0.15) is 0 Å². The van der Waals surface area contributed by atoms with Gasteiger partial charge in [-0.1, -0.05) is 0 Å². The van der Waals surface area contributed by atoms with Gasteiger partial charge in [0.05, 0.1) is 12.0 Å². The topological polar surface area (TPSA) is 78.4 Å². The third-order valence-corrected chi connectivity index (χ3v) is 2.36. The van der Waals surface area contributed by atoms with Crippen molar-refractivity contribution >= 4 is 28.3 Å². The van der Waals surface area contributed by atoms with Crippen molar-refractivity contribution in [1.29, 1.82) is 0 Å². The zero-order valence-electron chi connectivity index (χ0n) is 7.49. The molecule has 76 valence electrons. The molecule has 0 saturated heterocycles. The van der Waals surface area contributed by atoms with E-state index in [4.69, 9.17) is 10.5 Å². The van der Waals surface area contributed by atoms with E-state index in [0.717, 1.165) is 3.57 Å². The molecule has 14 heavy (non-hydrogen) atoms. The van der Waals surface area contributed by atoms with Crippen LogP contribution >= 0.6 is 22.6 Å². The summed E-state index contributed by atoms with van der Waals surface area (Å²) in [5, 5.41) is 10.7. The van der Waals surface area contributed by atoms with E-state index >= 15 is 0 Å². The van der Waals surface area contributed by atoms with E-state index < -0.39 is 4.92 Å². The van der Waals surface area contributed by atoms with E-state index in [1.165, 1.54) is 7.11 Å². The van der Waals surface area contributed by atoms with Crippen LogP contribution in [0.15, 0.2) is 12.1 Å². The summed E-state index contributed by atoms with van der Waals surface area (Å²) >= 11 is 2.06. The number of hydrogen-bond donors (Lipinski definition) is 1. The van der Waals surface area contributed by atoms with E-state index in [0.29, 0.717) is 5.56 Å². The molecule has 0 fully saturated rings. The standard InChI is InChI=1S/C8H9IN2O3/c1-14-7-3-6(9)2-5(4-10)8(7)11(12)13/h2-3H,4,10H2,1H3. The zero-order chi connectivity index (χ0) is 10.7. The van der Waals surface area contributed by atoms with Crippen LogP contribution < -0.4 is 10.5 Å². The first-order valence-corrected chi connectivity index (χ1v) is 4.89. The van der Waals surface area contributed by atoms with E-state index in [2.05, 4.69) is 22.6 Å². The minimum Gasteiger partial charge on any atom is -0.490 e. The van der Waals surface area contributed by atoms with Crippen LogP contribution in [0.2, 0.25) is 0 Å². The predicted octanol–water partition coefficient (Wildman–Crippen LogP) is 1.67. The normalized spacial score (nSPS) is 9.93. The summed E-state index contributed by atoms with van der Waals surface area (Å²) in [6.45, 7) is 0.128. The van der Waals surface area contributed by atoms with Crippen LogP contribution in [0.25, 0.3) is 0 Å². The number of benzene rings is 1. The van der Waals surface area contributed by atoms with E-state index in [-0.39, 0.29) is 18.0 Å². The van der Waals surface area contributed by atoms with Crippen molar-refractivity contribution in [3.8, 4) is 5.75 Å². The van der Waals surface area contributed by atoms with Crippen molar-refractivity contribution in [2.24, 2.45) is 5.73 Å². The van der Waals surface area contributed by atoms with E-state index in [1.807, 2.05) is 0 Å². The molecule has 0 atom stereocenters. The number of nitrogens with two attached hydrogens (primary N) is 1. The van der Waals surface area contributed by atoms with Gasteiger partial charge >= 0.3 is 5.69 Å². The third-order valence-electron chi connectivity index (χ3n) is 1.74. The first kappa shape index (κ1) is 11.2. The van der Waals surface area contributed by atoms with Gasteiger partial charge in [0.2, 0.25) is 0 Å². The second-order valence-corrected chi connectivity index (χ2v) is 3.82. The Hall–Kier alpha value is -0.890. The van der Waals surface area contributed by atoms with Crippen LogP contribution in [0, 0.1) is 13.7 Å². The number of nitro groups is 1. The predicted molar refractivity (Wildman–Crippen MR) is 60.3 cm³/mol. The molecule has 0 saturated carbocycles. The molecule has 0 amide bonds. The van der Waals surface area contributed by atoms with Gasteiger partial charge in [-0.25, -0.2) is 0 Å². The van der Waals surface area contributed by atoms with Crippen LogP contribution in [0.5, 0.6) is 5.75 Å². The van der Waals surface area contributed by atoms with Crippen LogP contribution in [0.3, 0.4) is 0 Å². The molecule has 2 N–H and O–H groups in total. The maximum Gasteiger partial charge on any atom is 0.315 e. The Kier molecular flexibility index (Phi) is 3.64. The minimum absolute atomic E-state index is 0.0459. The second-order valence-electron chi connectivity index (χ2n) is 2.58. The summed E-state index contributed by atoms with van der Waals surface area (Å²) in [6.07, 6.45) is 0. The first-order chi connectivity index (χ1) is 6.60. The second kappa shape index (κ2) is 4.56. The average molecular weight is 308 g/mol. The molecule has 1 rings (SSSR count). The Morgan fingerprint density at radius 3 is 2.71 bits per heavy atom. The van der Waals surface area contributed by atoms with Gasteiger partial charge in [0.15, 0.2) is 5.75 Å². The van der Waals surface area contributed by atoms with Gasteiger partial charge in [-0.3, -0.25) is 10.1 Å². The molecule has 0 aliphatic rings. The van der Waals surface area contributed by atoms with Crippen molar-refractivity contribution in [2.45, 2.75) is 6.54 Å². The van der Waals surface area contributed by atoms with Gasteiger partial charge in [-0.2, -0.15) is 0 Å². The fraction of sp³-hybridized carbons (Fsp3) is 0.250. The summed E-state index contributed by atoms with van der Waals surface area (Å²) in [6, 6.07) is 3.29. The summed E-state index contributed by atoms with van der Waals surface area (Å²) in [5.74, 6) is 0.252. The van der Waals surface area contributed by atoms with Crippen LogP contribution in [-0.2, 0) is 6.54 Å². The Morgan fingerprint density at radius 1 is 1.64 bits per heavy atom. The average Bonchev–Trinajstić information content (AvgIpc) is 2.15. The molecular formula is C8H9IN2O3. The zero-order valence-corrected chi connectivity index (χ0v) is 9.65. The lowest BCUT2D eigenvalue weighted by Crippen LogP contribution is -2.04. The molecule has 0 heterocycles. The molecule has 0 radical (unpaired) electrons. The van der Waals surface area contributed by atoms with Crippen LogP contribution in [0.1, 0.15) is 5.56 Å². The highest BCUT2D eigenvalue weighted by atomic mass is 127. The SMILES string of the molecule is COc1cc(I)cc(CN)c1[N+](=O)[O-]. The Bertz CT molecular complexity index is 343. The summed E-state index contributed by atoms with van der Waals surface area (Å²) in [7, 11) is 1.40. The number of nitro benzene ring substituents is 1. The largest absolute Gasteiger partial charge is 0.490 e. The molecular weight excluding hydrogens is 299 g/mol. The van der Waals surface area contributed by atoms with Crippen molar-refractivity contribution in [3.05, 3.63) is 31.4 Å². The number of halogens is 1. The first-order valence-electron chi connectivity index (χ1n) is 3.81. The lowest BCUT2D eigenvalue weighted by Gasteiger charge is -2.06. The lowest BCUT2D eigenvalue weighted by atomic mass is 10.1. The summed E-state index contributed by atoms with van der Waals surface area (Å²) < 4.78 is 5.79. The molecule has 0 aliphatic carbocycles. The lowest BCUT2D eigenvalue weighted by molar-refractivity contribution is -0.386. The number of nitrogens with zero attached hydrogens (tertiary/aromatic N) is 1. The van der Waals surface area contributed by atoms with Crippen LogP contribution in [-0.4, -0.2) is 12.0 Å². The Labute approximate surface area is 94.5 Å². The number of ether oxygens (including phenoxy) is 1. The fourth-order valence-corrected chi connectivity index (χ4v) is 1.81. The monoisotopic (exact) mass is 308 g/mol. The van der Waals surface area contributed by atoms with Crippen LogP contribution in [0.4, 0.5) is 5.69 Å². The molecule has 0 bridgehead atoms. The van der Waals surface area contributed by atoms with Crippen molar-refractivity contribution in [3.63, 3.8) is 0 Å². The number of rotatable bonds is 3. The van der Waals surface area contributed by atoms with E-state index in [9.17, 15) is 10.1 Å². The Morgan fingerprint density at radius 2 is 2.29 bits per heavy atom. The maximum absolute atomic E-state index is 10.7. The van der Waals surface area contributed by atoms with Crippen molar-refractivity contribution in [2.75, 3.05) is 7.11 Å². The molecule has 0 aliphatic heterocycles. The smallest absolute Gasteiger partial charge is 0.315 e. The van der Waals surface area contributed by atoms with Crippen molar-refractivity contribution < 1.29 is 9.66 Å². The van der Waals surface area contributed by atoms with Gasteiger partial charge in [-0.05, 0) is 28.7 Å². The molecule has 1 aromatic rings. The van der Waals surface area contributed by atoms with Gasteiger partial charge in [-0.15, -0.1) is 0 Å². The molecule has 0 unspecified atom stereocenters. The molecule has 0 aromatic heterocycles. The minimum atomic E-state index is -0.475. The number of hydrogen-bond acceptors (Lipinski definition) is 4. The van der Waals surface area contributed by atoms with Gasteiger partial charge in [0.25, 0.3) is 0 Å². The summed E-state index contributed by atoms with van der Waals surface area (Å²) in [5.41, 5.74) is 5.86. The highest BCUT2D eigenvalue weighted by Gasteiger charge is 2.20. The highest BCUT2D eigenvalue weighted by molar-refractivity contribution is 14.1. The quantitative estimate of drug-likeness (QED) is 0.523. The number of methoxy groups -OCH3 is 1. The molecule has 6 heteroatoms. The fourth-order valence-electron chi connectivity index (χ4n) is 1.15. The third kappa shape index (κ3) is 2.13. The molecule has 0 spiro atoms. The van der Waals surface area contributed by atoms with E-state index in [1.54, 1.807) is 12.1 Å². The van der Waals surface area contributed by atoms with Gasteiger partial charge < -0.3 is 10.5 Å². The molecule has 1 aromatic carbocycles. The summed E-state index contributed by atoms with van der Waals surface area (Å²) in [4.78, 5) is 10.3. The maximum atomic E-state index is 10.7. The van der Waals surface area contributed by atoms with Gasteiger partial charge in [0, 0.05) is 21.7 Å².